The van der Waals surface area contributed by atoms with Crippen LogP contribution in [-0.4, -0.2) is 31.6 Å². The molecule has 0 bridgehead atoms. The molecule has 0 saturated heterocycles. The Morgan fingerprint density at radius 3 is 2.14 bits per heavy atom. The lowest BCUT2D eigenvalue weighted by atomic mass is 10.2. The number of thioether (sulfide) groups is 1. The molecule has 0 spiro atoms. The van der Waals surface area contributed by atoms with Gasteiger partial charge in [-0.2, -0.15) is 0 Å². The van der Waals surface area contributed by atoms with Crippen molar-refractivity contribution >= 4 is 17.7 Å². The Labute approximate surface area is 117 Å². The standard InChI is InChI=1S/C10H4F5N3O2S/c11-4-5(12)7(14)9(8(15)6(4)13)18-2-16-17-10(18)21-1-3(19)20/h2H,1H2,(H,19,20). The average molecular weight is 325 g/mol. The Morgan fingerprint density at radius 1 is 1.10 bits per heavy atom. The van der Waals surface area contributed by atoms with E-state index >= 15 is 0 Å². The van der Waals surface area contributed by atoms with E-state index in [9.17, 15) is 26.7 Å². The maximum Gasteiger partial charge on any atom is 0.313 e. The van der Waals surface area contributed by atoms with Crippen molar-refractivity contribution in [2.75, 3.05) is 5.75 Å². The van der Waals surface area contributed by atoms with Gasteiger partial charge in [0, 0.05) is 0 Å². The minimum Gasteiger partial charge on any atom is -0.481 e. The molecule has 1 heterocycles. The van der Waals surface area contributed by atoms with Gasteiger partial charge in [-0.3, -0.25) is 9.36 Å². The highest BCUT2D eigenvalue weighted by molar-refractivity contribution is 7.99. The molecule has 0 unspecified atom stereocenters. The van der Waals surface area contributed by atoms with Crippen molar-refractivity contribution in [2.45, 2.75) is 5.16 Å². The van der Waals surface area contributed by atoms with Crippen LogP contribution < -0.4 is 0 Å². The molecule has 0 amide bonds. The summed E-state index contributed by atoms with van der Waals surface area (Å²) in [6.07, 6.45) is 0.711. The predicted octanol–water partition coefficient (Wildman–Crippen LogP) is 2.14. The lowest BCUT2D eigenvalue weighted by Crippen LogP contribution is -2.10. The second-order valence-electron chi connectivity index (χ2n) is 3.58. The first-order valence-electron chi connectivity index (χ1n) is 5.11. The van der Waals surface area contributed by atoms with Crippen molar-refractivity contribution in [3.63, 3.8) is 0 Å². The Bertz CT molecular complexity index is 692. The summed E-state index contributed by atoms with van der Waals surface area (Å²) < 4.78 is 66.9. The normalized spacial score (nSPS) is 10.9. The lowest BCUT2D eigenvalue weighted by molar-refractivity contribution is -0.133. The molecule has 0 saturated carbocycles. The Hall–Kier alpha value is -2.17. The van der Waals surface area contributed by atoms with Gasteiger partial charge in [0.15, 0.2) is 28.4 Å². The molecule has 1 aromatic heterocycles. The van der Waals surface area contributed by atoms with E-state index < -0.39 is 46.5 Å². The van der Waals surface area contributed by atoms with Gasteiger partial charge in [-0.15, -0.1) is 10.2 Å². The van der Waals surface area contributed by atoms with Crippen LogP contribution in [0.5, 0.6) is 0 Å². The molecule has 11 heteroatoms. The third kappa shape index (κ3) is 2.68. The second kappa shape index (κ2) is 5.68. The van der Waals surface area contributed by atoms with Crippen LogP contribution in [0.2, 0.25) is 0 Å². The number of halogens is 5. The van der Waals surface area contributed by atoms with Gasteiger partial charge in [0.25, 0.3) is 0 Å². The molecular weight excluding hydrogens is 321 g/mol. The predicted molar refractivity (Wildman–Crippen MR) is 59.5 cm³/mol. The molecule has 2 aromatic rings. The fourth-order valence-corrected chi connectivity index (χ4v) is 2.04. The summed E-state index contributed by atoms with van der Waals surface area (Å²) in [6.45, 7) is 0. The minimum absolute atomic E-state index is 0.333. The van der Waals surface area contributed by atoms with E-state index in [0.29, 0.717) is 22.7 Å². The summed E-state index contributed by atoms with van der Waals surface area (Å²) in [5.41, 5.74) is -1.27. The van der Waals surface area contributed by atoms with Gasteiger partial charge in [0.2, 0.25) is 5.82 Å². The molecule has 1 aromatic carbocycles. The van der Waals surface area contributed by atoms with E-state index in [1.165, 1.54) is 0 Å². The number of carbonyl (C=O) groups is 1. The van der Waals surface area contributed by atoms with Crippen LogP contribution in [0.25, 0.3) is 5.69 Å². The lowest BCUT2D eigenvalue weighted by Gasteiger charge is -2.10. The van der Waals surface area contributed by atoms with Gasteiger partial charge in [-0.05, 0) is 0 Å². The first kappa shape index (κ1) is 15.2. The van der Waals surface area contributed by atoms with Crippen LogP contribution in [0.4, 0.5) is 22.0 Å². The zero-order chi connectivity index (χ0) is 15.7. The van der Waals surface area contributed by atoms with E-state index in [-0.39, 0.29) is 5.16 Å². The molecule has 21 heavy (non-hydrogen) atoms. The van der Waals surface area contributed by atoms with Crippen molar-refractivity contribution in [1.82, 2.24) is 14.8 Å². The van der Waals surface area contributed by atoms with Crippen LogP contribution in [0, 0.1) is 29.1 Å². The molecule has 0 aliphatic heterocycles. The molecule has 0 aliphatic rings. The number of hydrogen-bond donors (Lipinski definition) is 1. The fraction of sp³-hybridized carbons (Fsp3) is 0.100. The zero-order valence-corrected chi connectivity index (χ0v) is 10.6. The van der Waals surface area contributed by atoms with Gasteiger partial charge < -0.3 is 5.11 Å². The fourth-order valence-electron chi connectivity index (χ4n) is 1.41. The van der Waals surface area contributed by atoms with Gasteiger partial charge in [0.1, 0.15) is 12.0 Å². The van der Waals surface area contributed by atoms with E-state index in [4.69, 9.17) is 5.11 Å². The third-order valence-electron chi connectivity index (χ3n) is 2.27. The van der Waals surface area contributed by atoms with E-state index in [1.807, 2.05) is 0 Å². The number of carboxylic acid groups (broad SMARTS) is 1. The Balaban J connectivity index is 2.58. The van der Waals surface area contributed by atoms with Crippen molar-refractivity contribution in [1.29, 1.82) is 0 Å². The van der Waals surface area contributed by atoms with Gasteiger partial charge in [-0.25, -0.2) is 22.0 Å². The molecule has 0 fully saturated rings. The van der Waals surface area contributed by atoms with Crippen LogP contribution in [0.1, 0.15) is 0 Å². The number of rotatable bonds is 4. The molecule has 0 aliphatic carbocycles. The SMILES string of the molecule is O=C(O)CSc1nncn1-c1c(F)c(F)c(F)c(F)c1F. The molecule has 1 N–H and O–H groups in total. The molecule has 2 rings (SSSR count). The topological polar surface area (TPSA) is 68.0 Å². The molecular formula is C10H4F5N3O2S. The quantitative estimate of drug-likeness (QED) is 0.404. The smallest absolute Gasteiger partial charge is 0.313 e. The summed E-state index contributed by atoms with van der Waals surface area (Å²) in [5.74, 6) is -12.5. The Kier molecular flexibility index (Phi) is 4.11. The van der Waals surface area contributed by atoms with E-state index in [0.717, 1.165) is 0 Å². The average Bonchev–Trinajstić information content (AvgIpc) is 2.89. The molecule has 112 valence electrons. The number of benzene rings is 1. The maximum absolute atomic E-state index is 13.6. The van der Waals surface area contributed by atoms with Gasteiger partial charge in [-0.1, -0.05) is 11.8 Å². The number of aliphatic carboxylic acids is 1. The highest BCUT2D eigenvalue weighted by Crippen LogP contribution is 2.28. The monoisotopic (exact) mass is 325 g/mol. The Morgan fingerprint density at radius 2 is 1.62 bits per heavy atom. The van der Waals surface area contributed by atoms with Gasteiger partial charge in [0.05, 0.1) is 5.75 Å². The highest BCUT2D eigenvalue weighted by atomic mass is 32.2. The first-order valence-corrected chi connectivity index (χ1v) is 6.09. The molecule has 0 radical (unpaired) electrons. The first-order chi connectivity index (χ1) is 9.84. The third-order valence-corrected chi connectivity index (χ3v) is 3.20. The van der Waals surface area contributed by atoms with Crippen molar-refractivity contribution in [3.8, 4) is 5.69 Å². The van der Waals surface area contributed by atoms with Crippen LogP contribution in [0.15, 0.2) is 11.5 Å². The minimum atomic E-state index is -2.29. The number of hydrogen-bond acceptors (Lipinski definition) is 4. The molecule has 5 nitrogen and oxygen atoms in total. The number of nitrogens with zero attached hydrogens (tertiary/aromatic N) is 3. The zero-order valence-electron chi connectivity index (χ0n) is 9.78. The maximum atomic E-state index is 13.6. The summed E-state index contributed by atoms with van der Waals surface area (Å²) in [6, 6.07) is 0. The highest BCUT2D eigenvalue weighted by Gasteiger charge is 2.28. The summed E-state index contributed by atoms with van der Waals surface area (Å²) >= 11 is 0.508. The van der Waals surface area contributed by atoms with Crippen LogP contribution in [0.3, 0.4) is 0 Å². The summed E-state index contributed by atoms with van der Waals surface area (Å²) in [7, 11) is 0. The molecule has 0 atom stereocenters. The summed E-state index contributed by atoms with van der Waals surface area (Å²) in [5, 5.41) is 14.8. The van der Waals surface area contributed by atoms with Crippen molar-refractivity contribution in [2.24, 2.45) is 0 Å². The number of aromatic nitrogens is 3. The van der Waals surface area contributed by atoms with E-state index in [2.05, 4.69) is 10.2 Å². The van der Waals surface area contributed by atoms with Gasteiger partial charge >= 0.3 is 5.97 Å². The summed E-state index contributed by atoms with van der Waals surface area (Å²) in [4.78, 5) is 10.4. The van der Waals surface area contributed by atoms with Crippen LogP contribution >= 0.6 is 11.8 Å². The largest absolute Gasteiger partial charge is 0.481 e. The van der Waals surface area contributed by atoms with Crippen molar-refractivity contribution in [3.05, 3.63) is 35.4 Å². The van der Waals surface area contributed by atoms with Crippen LogP contribution in [-0.2, 0) is 4.79 Å². The second-order valence-corrected chi connectivity index (χ2v) is 4.53. The number of carboxylic acids is 1. The van der Waals surface area contributed by atoms with Crippen molar-refractivity contribution < 1.29 is 31.9 Å². The van der Waals surface area contributed by atoms with E-state index in [1.54, 1.807) is 0 Å².